The third kappa shape index (κ3) is 3.51. The van der Waals surface area contributed by atoms with Gasteiger partial charge in [0.05, 0.1) is 18.8 Å². The van der Waals surface area contributed by atoms with Crippen molar-refractivity contribution in [3.8, 4) is 0 Å². The second kappa shape index (κ2) is 6.49. The average Bonchev–Trinajstić information content (AvgIpc) is 3.13. The number of ether oxygens (including phenoxy) is 1. The van der Waals surface area contributed by atoms with Crippen molar-refractivity contribution in [1.82, 2.24) is 4.90 Å². The van der Waals surface area contributed by atoms with E-state index >= 15 is 0 Å². The zero-order valence-electron chi connectivity index (χ0n) is 13.6. The summed E-state index contributed by atoms with van der Waals surface area (Å²) in [5.74, 6) is 0.513. The van der Waals surface area contributed by atoms with Gasteiger partial charge in [-0.2, -0.15) is 0 Å². The van der Waals surface area contributed by atoms with Crippen LogP contribution < -0.4 is 11.1 Å². The Morgan fingerprint density at radius 1 is 1.22 bits per heavy atom. The van der Waals surface area contributed by atoms with E-state index in [1.54, 1.807) is 0 Å². The molecule has 1 aromatic rings. The number of rotatable bonds is 4. The van der Waals surface area contributed by atoms with Crippen molar-refractivity contribution in [2.45, 2.75) is 44.3 Å². The molecule has 2 saturated heterocycles. The number of guanidine groups is 1. The standard InChI is InChI=1S/C18H26N4O/c19-18(21-15-5-4-13-2-1-3-14(13)10-15)20-8-9-22-11-16-6-7-17(12-22)23-16/h4-5,10,16-17H,1-3,6-9,11-12H2,(H3,19,20,21). The fraction of sp³-hybridized carbons (Fsp3) is 0.611. The molecule has 0 saturated carbocycles. The van der Waals surface area contributed by atoms with Crippen molar-refractivity contribution in [1.29, 1.82) is 0 Å². The van der Waals surface area contributed by atoms with Crippen LogP contribution in [0.3, 0.4) is 0 Å². The highest BCUT2D eigenvalue weighted by Gasteiger charge is 2.33. The molecule has 124 valence electrons. The van der Waals surface area contributed by atoms with Crippen LogP contribution in [0.15, 0.2) is 23.2 Å². The van der Waals surface area contributed by atoms with Gasteiger partial charge < -0.3 is 15.8 Å². The quantitative estimate of drug-likeness (QED) is 0.657. The second-order valence-corrected chi connectivity index (χ2v) is 6.95. The number of fused-ring (bicyclic) bond motifs is 3. The molecule has 2 heterocycles. The summed E-state index contributed by atoms with van der Waals surface area (Å²) in [6.07, 6.45) is 6.98. The highest BCUT2D eigenvalue weighted by atomic mass is 16.5. The van der Waals surface area contributed by atoms with Crippen LogP contribution in [0.1, 0.15) is 30.4 Å². The Balaban J connectivity index is 1.27. The minimum Gasteiger partial charge on any atom is -0.372 e. The van der Waals surface area contributed by atoms with Crippen molar-refractivity contribution < 1.29 is 4.74 Å². The molecule has 2 aliphatic heterocycles. The number of nitrogens with one attached hydrogen (secondary N) is 1. The van der Waals surface area contributed by atoms with Crippen LogP contribution >= 0.6 is 0 Å². The largest absolute Gasteiger partial charge is 0.372 e. The van der Waals surface area contributed by atoms with Crippen LogP contribution in [0.5, 0.6) is 0 Å². The molecule has 5 nitrogen and oxygen atoms in total. The van der Waals surface area contributed by atoms with E-state index in [9.17, 15) is 0 Å². The first-order valence-electron chi connectivity index (χ1n) is 8.83. The maximum Gasteiger partial charge on any atom is 0.193 e. The first-order valence-corrected chi connectivity index (χ1v) is 8.83. The molecule has 2 bridgehead atoms. The van der Waals surface area contributed by atoms with E-state index < -0.39 is 0 Å². The third-order valence-electron chi connectivity index (χ3n) is 5.19. The molecule has 0 radical (unpaired) electrons. The van der Waals surface area contributed by atoms with Crippen molar-refractivity contribution in [2.24, 2.45) is 10.7 Å². The van der Waals surface area contributed by atoms with Gasteiger partial charge in [-0.25, -0.2) is 0 Å². The minimum atomic E-state index is 0.444. The lowest BCUT2D eigenvalue weighted by atomic mass is 10.1. The van der Waals surface area contributed by atoms with Crippen LogP contribution in [0.2, 0.25) is 0 Å². The summed E-state index contributed by atoms with van der Waals surface area (Å²) in [6, 6.07) is 6.53. The van der Waals surface area contributed by atoms with Crippen LogP contribution in [-0.4, -0.2) is 49.2 Å². The minimum absolute atomic E-state index is 0.444. The molecular weight excluding hydrogens is 288 g/mol. The Hall–Kier alpha value is -1.59. The van der Waals surface area contributed by atoms with Gasteiger partial charge in [-0.05, 0) is 55.4 Å². The molecule has 0 spiro atoms. The van der Waals surface area contributed by atoms with Crippen molar-refractivity contribution in [2.75, 3.05) is 31.5 Å². The summed E-state index contributed by atoms with van der Waals surface area (Å²) in [4.78, 5) is 6.93. The number of hydrogen-bond acceptors (Lipinski definition) is 3. The number of nitrogens with zero attached hydrogens (tertiary/aromatic N) is 2. The summed E-state index contributed by atoms with van der Waals surface area (Å²) in [5, 5.41) is 3.22. The van der Waals surface area contributed by atoms with Gasteiger partial charge in [0.1, 0.15) is 0 Å². The highest BCUT2D eigenvalue weighted by molar-refractivity contribution is 5.92. The number of nitrogens with two attached hydrogens (primary N) is 1. The Morgan fingerprint density at radius 3 is 2.83 bits per heavy atom. The van der Waals surface area contributed by atoms with Crippen LogP contribution in [0.4, 0.5) is 5.69 Å². The lowest BCUT2D eigenvalue weighted by molar-refractivity contribution is -0.0370. The zero-order valence-corrected chi connectivity index (χ0v) is 13.6. The van der Waals surface area contributed by atoms with E-state index in [-0.39, 0.29) is 0 Å². The van der Waals surface area contributed by atoms with E-state index in [1.165, 1.54) is 43.2 Å². The van der Waals surface area contributed by atoms with E-state index in [0.29, 0.717) is 18.2 Å². The van der Waals surface area contributed by atoms with Crippen LogP contribution in [-0.2, 0) is 17.6 Å². The monoisotopic (exact) mass is 314 g/mol. The van der Waals surface area contributed by atoms with Crippen molar-refractivity contribution in [3.05, 3.63) is 29.3 Å². The number of benzene rings is 1. The van der Waals surface area contributed by atoms with Crippen molar-refractivity contribution >= 4 is 11.6 Å². The number of morpholine rings is 1. The number of hydrogen-bond donors (Lipinski definition) is 2. The summed E-state index contributed by atoms with van der Waals surface area (Å²) < 4.78 is 5.86. The topological polar surface area (TPSA) is 62.9 Å². The number of anilines is 1. The van der Waals surface area contributed by atoms with Gasteiger partial charge in [0, 0.05) is 25.3 Å². The summed E-state index contributed by atoms with van der Waals surface area (Å²) in [7, 11) is 0. The van der Waals surface area contributed by atoms with Gasteiger partial charge in [-0.15, -0.1) is 0 Å². The number of aliphatic imine (C=N–C) groups is 1. The van der Waals surface area contributed by atoms with E-state index in [4.69, 9.17) is 10.5 Å². The number of aryl methyl sites for hydroxylation is 2. The molecule has 23 heavy (non-hydrogen) atoms. The maximum absolute atomic E-state index is 6.03. The smallest absolute Gasteiger partial charge is 0.193 e. The molecule has 2 unspecified atom stereocenters. The predicted octanol–water partition coefficient (Wildman–Crippen LogP) is 1.77. The van der Waals surface area contributed by atoms with Crippen LogP contribution in [0.25, 0.3) is 0 Å². The van der Waals surface area contributed by atoms with Crippen molar-refractivity contribution in [3.63, 3.8) is 0 Å². The third-order valence-corrected chi connectivity index (χ3v) is 5.19. The lowest BCUT2D eigenvalue weighted by Crippen LogP contribution is -2.43. The summed E-state index contributed by atoms with van der Waals surface area (Å²) in [6.45, 7) is 3.79. The van der Waals surface area contributed by atoms with E-state index in [1.807, 2.05) is 0 Å². The van der Waals surface area contributed by atoms with Gasteiger partial charge in [-0.3, -0.25) is 9.89 Å². The summed E-state index contributed by atoms with van der Waals surface area (Å²) in [5.41, 5.74) is 10.0. The van der Waals surface area contributed by atoms with Gasteiger partial charge in [0.2, 0.25) is 0 Å². The van der Waals surface area contributed by atoms with Gasteiger partial charge in [0.25, 0.3) is 0 Å². The molecule has 5 heteroatoms. The molecule has 1 aliphatic carbocycles. The molecular formula is C18H26N4O. The Labute approximate surface area is 137 Å². The molecule has 4 rings (SSSR count). The summed E-state index contributed by atoms with van der Waals surface area (Å²) >= 11 is 0. The number of likely N-dealkylation sites (tertiary alicyclic amines) is 1. The molecule has 1 aromatic carbocycles. The normalized spacial score (nSPS) is 27.2. The zero-order chi connectivity index (χ0) is 15.6. The predicted molar refractivity (Wildman–Crippen MR) is 92.9 cm³/mol. The van der Waals surface area contributed by atoms with E-state index in [2.05, 4.69) is 33.4 Å². The first kappa shape index (κ1) is 15.0. The molecule has 2 fully saturated rings. The van der Waals surface area contributed by atoms with Gasteiger partial charge in [-0.1, -0.05) is 6.07 Å². The van der Waals surface area contributed by atoms with Gasteiger partial charge in [0.15, 0.2) is 5.96 Å². The van der Waals surface area contributed by atoms with Gasteiger partial charge >= 0.3 is 0 Å². The highest BCUT2D eigenvalue weighted by Crippen LogP contribution is 2.26. The maximum atomic E-state index is 6.03. The fourth-order valence-electron chi connectivity index (χ4n) is 4.03. The lowest BCUT2D eigenvalue weighted by Gasteiger charge is -2.31. The van der Waals surface area contributed by atoms with Crippen LogP contribution in [0, 0.1) is 0 Å². The fourth-order valence-corrected chi connectivity index (χ4v) is 4.03. The molecule has 2 atom stereocenters. The Bertz CT molecular complexity index is 589. The van der Waals surface area contributed by atoms with E-state index in [0.717, 1.165) is 31.9 Å². The molecule has 0 aromatic heterocycles. The Morgan fingerprint density at radius 2 is 2.00 bits per heavy atom. The first-order chi connectivity index (χ1) is 11.3. The molecule has 0 amide bonds. The molecule has 3 aliphatic rings. The molecule has 3 N–H and O–H groups in total. The second-order valence-electron chi connectivity index (χ2n) is 6.95. The SMILES string of the molecule is NC(=NCCN1CC2CCC(C1)O2)Nc1ccc2c(c1)CCC2. The Kier molecular flexibility index (Phi) is 4.23. The average molecular weight is 314 g/mol.